The largest absolute Gasteiger partial charge is 0.445 e. The molecule has 0 aromatic heterocycles. The Kier molecular flexibility index (Phi) is 10.2. The summed E-state index contributed by atoms with van der Waals surface area (Å²) in [4.78, 5) is 14.3. The molecule has 0 saturated carbocycles. The van der Waals surface area contributed by atoms with E-state index in [0.29, 0.717) is 6.54 Å². The molecule has 1 amide bonds. The first-order chi connectivity index (χ1) is 20.1. The number of carbonyl (C=O) groups is 1. The molecule has 3 aromatic rings. The maximum absolute atomic E-state index is 11.8. The third-order valence-electron chi connectivity index (χ3n) is 7.74. The van der Waals surface area contributed by atoms with Gasteiger partial charge in [0.1, 0.15) is 6.61 Å². The van der Waals surface area contributed by atoms with Crippen LogP contribution in [-0.4, -0.2) is 48.4 Å². The maximum Gasteiger partial charge on any atom is 0.407 e. The van der Waals surface area contributed by atoms with Gasteiger partial charge in [-0.1, -0.05) is 85.8 Å². The number of rotatable bonds is 10. The number of alkyl carbamates (subject to hydrolysis) is 1. The normalized spacial score (nSPS) is 21.2. The first-order valence-corrected chi connectivity index (χ1v) is 14.5. The topological polar surface area (TPSA) is 80.3 Å². The number of benzene rings is 3. The van der Waals surface area contributed by atoms with E-state index in [2.05, 4.69) is 65.3 Å². The molecule has 3 atom stereocenters. The number of nitrogens with zero attached hydrogens (tertiary/aromatic N) is 1. The van der Waals surface area contributed by atoms with Gasteiger partial charge in [-0.3, -0.25) is 0 Å². The summed E-state index contributed by atoms with van der Waals surface area (Å²) in [6.07, 6.45) is 5.19. The van der Waals surface area contributed by atoms with Crippen molar-refractivity contribution < 1.29 is 24.1 Å². The Morgan fingerprint density at radius 2 is 1.71 bits per heavy atom. The molecular formula is C34H40N2O5. The van der Waals surface area contributed by atoms with Crippen molar-refractivity contribution in [1.29, 1.82) is 0 Å². The van der Waals surface area contributed by atoms with Crippen molar-refractivity contribution in [2.75, 3.05) is 26.2 Å². The van der Waals surface area contributed by atoms with E-state index < -0.39 is 12.4 Å². The summed E-state index contributed by atoms with van der Waals surface area (Å²) in [6, 6.07) is 24.5. The molecular weight excluding hydrogens is 516 g/mol. The summed E-state index contributed by atoms with van der Waals surface area (Å²) >= 11 is 0. The van der Waals surface area contributed by atoms with Crippen LogP contribution in [0.3, 0.4) is 0 Å². The summed E-state index contributed by atoms with van der Waals surface area (Å²) in [7, 11) is 0. The molecule has 5 rings (SSSR count). The highest BCUT2D eigenvalue weighted by molar-refractivity contribution is 5.68. The first kappa shape index (κ1) is 29.0. The van der Waals surface area contributed by atoms with E-state index in [1.165, 1.54) is 25.3 Å². The summed E-state index contributed by atoms with van der Waals surface area (Å²) in [6.45, 7) is 7.30. The molecule has 0 radical (unpaired) electrons. The van der Waals surface area contributed by atoms with E-state index in [-0.39, 0.29) is 25.4 Å². The Morgan fingerprint density at radius 3 is 2.44 bits per heavy atom. The van der Waals surface area contributed by atoms with Crippen LogP contribution in [0.15, 0.2) is 85.5 Å². The van der Waals surface area contributed by atoms with Gasteiger partial charge in [0.15, 0.2) is 6.29 Å². The molecule has 0 bridgehead atoms. The molecule has 2 saturated heterocycles. The molecule has 216 valence electrons. The third kappa shape index (κ3) is 8.05. The molecule has 0 spiro atoms. The lowest BCUT2D eigenvalue weighted by Crippen LogP contribution is -2.41. The number of nitrogens with one attached hydrogen (secondary N) is 1. The van der Waals surface area contributed by atoms with Gasteiger partial charge in [0.05, 0.1) is 18.8 Å². The molecule has 7 nitrogen and oxygen atoms in total. The van der Waals surface area contributed by atoms with Crippen LogP contribution in [0.1, 0.15) is 60.3 Å². The minimum Gasteiger partial charge on any atom is -0.445 e. The fourth-order valence-electron chi connectivity index (χ4n) is 5.52. The van der Waals surface area contributed by atoms with E-state index in [0.717, 1.165) is 59.4 Å². The van der Waals surface area contributed by atoms with Crippen LogP contribution in [0.4, 0.5) is 4.79 Å². The van der Waals surface area contributed by atoms with E-state index in [4.69, 9.17) is 14.2 Å². The number of amides is 1. The Bertz CT molecular complexity index is 1270. The van der Waals surface area contributed by atoms with Crippen LogP contribution in [0.25, 0.3) is 11.1 Å². The number of aliphatic hydroxyl groups excluding tert-OH is 1. The van der Waals surface area contributed by atoms with Crippen molar-refractivity contribution in [3.63, 3.8) is 0 Å². The van der Waals surface area contributed by atoms with Crippen LogP contribution in [0, 0.1) is 0 Å². The van der Waals surface area contributed by atoms with Gasteiger partial charge in [-0.25, -0.2) is 4.79 Å². The fourth-order valence-corrected chi connectivity index (χ4v) is 5.52. The Hall–Kier alpha value is -3.49. The predicted octanol–water partition coefficient (Wildman–Crippen LogP) is 6.29. The van der Waals surface area contributed by atoms with E-state index in [1.807, 2.05) is 24.3 Å². The summed E-state index contributed by atoms with van der Waals surface area (Å²) in [5, 5.41) is 12.2. The van der Waals surface area contributed by atoms with Gasteiger partial charge in [0.2, 0.25) is 0 Å². The highest BCUT2D eigenvalue weighted by Crippen LogP contribution is 2.39. The lowest BCUT2D eigenvalue weighted by molar-refractivity contribution is -0.253. The average molecular weight is 557 g/mol. The van der Waals surface area contributed by atoms with Crippen molar-refractivity contribution in [1.82, 2.24) is 10.2 Å². The number of piperidine rings is 1. The summed E-state index contributed by atoms with van der Waals surface area (Å²) < 4.78 is 18.1. The molecule has 3 aromatic carbocycles. The van der Waals surface area contributed by atoms with Crippen molar-refractivity contribution >= 4 is 6.09 Å². The van der Waals surface area contributed by atoms with Gasteiger partial charge in [0.25, 0.3) is 0 Å². The van der Waals surface area contributed by atoms with Crippen molar-refractivity contribution in [3.05, 3.63) is 108 Å². The van der Waals surface area contributed by atoms with Crippen LogP contribution in [0.5, 0.6) is 0 Å². The Labute approximate surface area is 242 Å². The van der Waals surface area contributed by atoms with Gasteiger partial charge in [-0.15, -0.1) is 0 Å². The van der Waals surface area contributed by atoms with Crippen molar-refractivity contribution in [2.24, 2.45) is 0 Å². The Balaban J connectivity index is 1.29. The van der Waals surface area contributed by atoms with Gasteiger partial charge >= 0.3 is 6.09 Å². The fraction of sp³-hybridized carbons (Fsp3) is 0.382. The van der Waals surface area contributed by atoms with Crippen LogP contribution in [-0.2, 0) is 27.4 Å². The SMILES string of the molecule is C=CCOC(=O)NCc1cccc(-c2ccc([C@H]3O[C@@H](CN4CCCCC4)C[C@@H](c4ccc(CO)cc4)O3)cc2)c1. The van der Waals surface area contributed by atoms with Crippen molar-refractivity contribution in [2.45, 2.75) is 57.3 Å². The molecule has 2 fully saturated rings. The zero-order chi connectivity index (χ0) is 28.4. The maximum atomic E-state index is 11.8. The second-order valence-electron chi connectivity index (χ2n) is 10.8. The van der Waals surface area contributed by atoms with Gasteiger partial charge < -0.3 is 29.5 Å². The van der Waals surface area contributed by atoms with Gasteiger partial charge in [-0.05, 0) is 59.8 Å². The molecule has 7 heteroatoms. The number of likely N-dealkylation sites (tertiary alicyclic amines) is 1. The monoisotopic (exact) mass is 556 g/mol. The van der Waals surface area contributed by atoms with Crippen LogP contribution < -0.4 is 5.32 Å². The molecule has 0 unspecified atom stereocenters. The van der Waals surface area contributed by atoms with Crippen LogP contribution in [0.2, 0.25) is 0 Å². The van der Waals surface area contributed by atoms with Crippen LogP contribution >= 0.6 is 0 Å². The number of hydrogen-bond acceptors (Lipinski definition) is 6. The van der Waals surface area contributed by atoms with E-state index in [9.17, 15) is 9.90 Å². The van der Waals surface area contributed by atoms with E-state index in [1.54, 1.807) is 0 Å². The first-order valence-electron chi connectivity index (χ1n) is 14.5. The quantitative estimate of drug-likeness (QED) is 0.286. The zero-order valence-corrected chi connectivity index (χ0v) is 23.5. The molecule has 0 aliphatic carbocycles. The number of ether oxygens (including phenoxy) is 3. The molecule has 2 heterocycles. The van der Waals surface area contributed by atoms with Gasteiger partial charge in [0, 0.05) is 25.1 Å². The lowest BCUT2D eigenvalue weighted by Gasteiger charge is -2.39. The highest BCUT2D eigenvalue weighted by atomic mass is 16.7. The zero-order valence-electron chi connectivity index (χ0n) is 23.5. The lowest BCUT2D eigenvalue weighted by atomic mass is 9.98. The average Bonchev–Trinajstić information content (AvgIpc) is 3.03. The van der Waals surface area contributed by atoms with E-state index >= 15 is 0 Å². The molecule has 2 N–H and O–H groups in total. The summed E-state index contributed by atoms with van der Waals surface area (Å²) in [5.74, 6) is 0. The minimum absolute atomic E-state index is 0.0309. The van der Waals surface area contributed by atoms with Gasteiger partial charge in [-0.2, -0.15) is 0 Å². The summed E-state index contributed by atoms with van der Waals surface area (Å²) in [5.41, 5.74) is 6.10. The number of aliphatic hydroxyl groups is 1. The Morgan fingerprint density at radius 1 is 0.951 bits per heavy atom. The predicted molar refractivity (Wildman–Crippen MR) is 159 cm³/mol. The molecule has 2 aliphatic heterocycles. The van der Waals surface area contributed by atoms with Crippen molar-refractivity contribution in [3.8, 4) is 11.1 Å². The second kappa shape index (κ2) is 14.4. The minimum atomic E-state index is -0.466. The second-order valence-corrected chi connectivity index (χ2v) is 10.8. The third-order valence-corrected chi connectivity index (χ3v) is 7.74. The number of hydrogen-bond donors (Lipinski definition) is 2. The smallest absolute Gasteiger partial charge is 0.407 e. The highest BCUT2D eigenvalue weighted by Gasteiger charge is 2.33. The standard InChI is InChI=1S/C34H40N2O5/c1-2-19-39-34(38)35-22-26-7-6-8-30(20-26)27-13-15-29(16-14-27)33-40-31(23-36-17-4-3-5-18-36)21-32(41-33)28-11-9-25(24-37)10-12-28/h2,6-16,20,31-33,37H,1,3-5,17-19,21-24H2,(H,35,38)/t31-,32+,33+/m1/s1. The molecule has 41 heavy (non-hydrogen) atoms. The molecule has 2 aliphatic rings. The number of carbonyl (C=O) groups excluding carboxylic acids is 1.